The fourth-order valence-electron chi connectivity index (χ4n) is 2.99. The molecule has 1 aliphatic carbocycles. The first kappa shape index (κ1) is 18.4. The molecular weight excluding hydrogens is 346 g/mol. The molecule has 0 atom stereocenters. The molecule has 1 saturated heterocycles. The van der Waals surface area contributed by atoms with Crippen LogP contribution in [0.4, 0.5) is 4.79 Å². The first-order valence-corrected chi connectivity index (χ1v) is 10.5. The second-order valence-corrected chi connectivity index (χ2v) is 10.9. The molecular formula is C12H23N3O6S2. The minimum Gasteiger partial charge on any atom is -0.444 e. The highest BCUT2D eigenvalue weighted by atomic mass is 32.3. The Labute approximate surface area is 137 Å². The highest BCUT2D eigenvalue weighted by molar-refractivity contribution is 8.03. The number of hydrogen-bond donors (Lipinski definition) is 2. The summed E-state index contributed by atoms with van der Waals surface area (Å²) in [5.74, 6) is 0. The normalized spacial score (nSPS) is 21.7. The number of rotatable bonds is 4. The molecule has 0 aromatic rings. The largest absolute Gasteiger partial charge is 0.444 e. The summed E-state index contributed by atoms with van der Waals surface area (Å²) < 4.78 is 54.3. The third-order valence-corrected chi connectivity index (χ3v) is 6.38. The van der Waals surface area contributed by atoms with Crippen LogP contribution < -0.4 is 8.85 Å². The Morgan fingerprint density at radius 3 is 2.13 bits per heavy atom. The molecule has 11 heteroatoms. The van der Waals surface area contributed by atoms with Gasteiger partial charge in [0, 0.05) is 24.5 Å². The van der Waals surface area contributed by atoms with Gasteiger partial charge < -0.3 is 9.64 Å². The van der Waals surface area contributed by atoms with Crippen molar-refractivity contribution in [2.45, 2.75) is 45.3 Å². The number of carbonyl (C=O) groups excluding carboxylic acids is 1. The second kappa shape index (κ2) is 5.57. The Kier molecular flexibility index (Phi) is 4.46. The van der Waals surface area contributed by atoms with Crippen LogP contribution in [-0.2, 0) is 25.0 Å². The van der Waals surface area contributed by atoms with Gasteiger partial charge in [0.1, 0.15) is 5.60 Å². The molecule has 2 fully saturated rings. The molecule has 9 nitrogen and oxygen atoms in total. The van der Waals surface area contributed by atoms with Crippen LogP contribution in [-0.4, -0.2) is 58.8 Å². The number of sulfonamides is 1. The molecule has 1 amide bonds. The summed E-state index contributed by atoms with van der Waals surface area (Å²) in [6, 6.07) is -0.324. The minimum atomic E-state index is -4.08. The van der Waals surface area contributed by atoms with Gasteiger partial charge in [0.25, 0.3) is 10.2 Å². The highest BCUT2D eigenvalue weighted by Gasteiger charge is 2.55. The van der Waals surface area contributed by atoms with Crippen molar-refractivity contribution in [2.75, 3.05) is 19.3 Å². The lowest BCUT2D eigenvalue weighted by molar-refractivity contribution is -0.0794. The first-order valence-electron chi connectivity index (χ1n) is 7.18. The molecule has 2 aliphatic rings. The zero-order valence-electron chi connectivity index (χ0n) is 13.6. The van der Waals surface area contributed by atoms with E-state index in [9.17, 15) is 21.6 Å². The van der Waals surface area contributed by atoms with Crippen molar-refractivity contribution in [1.82, 2.24) is 13.7 Å². The Morgan fingerprint density at radius 2 is 1.70 bits per heavy atom. The van der Waals surface area contributed by atoms with Crippen LogP contribution in [0.5, 0.6) is 0 Å². The van der Waals surface area contributed by atoms with Crippen molar-refractivity contribution in [3.05, 3.63) is 0 Å². The van der Waals surface area contributed by atoms with Crippen LogP contribution in [0.25, 0.3) is 0 Å². The van der Waals surface area contributed by atoms with E-state index in [1.54, 1.807) is 29.8 Å². The van der Waals surface area contributed by atoms with Crippen molar-refractivity contribution in [3.63, 3.8) is 0 Å². The third-order valence-electron chi connectivity index (χ3n) is 3.65. The van der Waals surface area contributed by atoms with Crippen molar-refractivity contribution in [1.29, 1.82) is 0 Å². The molecule has 134 valence electrons. The lowest BCUT2D eigenvalue weighted by Crippen LogP contribution is -2.68. The van der Waals surface area contributed by atoms with Gasteiger partial charge in [-0.1, -0.05) is 4.13 Å². The molecule has 1 spiro atoms. The van der Waals surface area contributed by atoms with Gasteiger partial charge in [0.2, 0.25) is 10.0 Å². The van der Waals surface area contributed by atoms with Crippen LogP contribution in [0, 0.1) is 5.41 Å². The van der Waals surface area contributed by atoms with Crippen molar-refractivity contribution in [2.24, 2.45) is 5.41 Å². The quantitative estimate of drug-likeness (QED) is 0.706. The topological polar surface area (TPSA) is 122 Å². The maximum Gasteiger partial charge on any atom is 0.410 e. The molecule has 23 heavy (non-hydrogen) atoms. The van der Waals surface area contributed by atoms with E-state index in [2.05, 4.69) is 4.72 Å². The number of carbonyl (C=O) groups is 1. The molecule has 0 radical (unpaired) electrons. The lowest BCUT2D eigenvalue weighted by Gasteiger charge is -2.58. The Morgan fingerprint density at radius 1 is 1.17 bits per heavy atom. The van der Waals surface area contributed by atoms with Gasteiger partial charge in [-0.05, 0) is 33.6 Å². The van der Waals surface area contributed by atoms with Gasteiger partial charge in [-0.25, -0.2) is 13.2 Å². The van der Waals surface area contributed by atoms with Gasteiger partial charge >= 0.3 is 6.09 Å². The van der Waals surface area contributed by atoms with Crippen molar-refractivity contribution < 1.29 is 26.4 Å². The Hall–Kier alpha value is -0.910. The van der Waals surface area contributed by atoms with E-state index in [0.717, 1.165) is 6.26 Å². The number of nitrogens with zero attached hydrogens (tertiary/aromatic N) is 1. The maximum atomic E-state index is 11.9. The van der Waals surface area contributed by atoms with Gasteiger partial charge in [-0.3, -0.25) is 0 Å². The monoisotopic (exact) mass is 369 g/mol. The fourth-order valence-corrected chi connectivity index (χ4v) is 5.38. The first-order chi connectivity index (χ1) is 10.2. The van der Waals surface area contributed by atoms with Crippen LogP contribution in [0.3, 0.4) is 0 Å². The molecule has 1 heterocycles. The predicted octanol–water partition coefficient (Wildman–Crippen LogP) is -0.230. The van der Waals surface area contributed by atoms with Crippen molar-refractivity contribution in [3.8, 4) is 0 Å². The fraction of sp³-hybridized carbons (Fsp3) is 0.917. The van der Waals surface area contributed by atoms with Crippen LogP contribution >= 0.6 is 0 Å². The van der Waals surface area contributed by atoms with E-state index in [-0.39, 0.29) is 17.6 Å². The predicted molar refractivity (Wildman–Crippen MR) is 83.3 cm³/mol. The molecule has 0 aromatic carbocycles. The summed E-state index contributed by atoms with van der Waals surface area (Å²) >= 11 is 0. The van der Waals surface area contributed by atoms with E-state index in [0.29, 0.717) is 25.9 Å². The molecule has 0 bridgehead atoms. The van der Waals surface area contributed by atoms with E-state index >= 15 is 0 Å². The Bertz CT molecular complexity index is 681. The standard InChI is InChI=1S/C12H23N3O6S2/c1-11(2,3)21-10(16)15-7-12(8-15)5-9(6-12)13-23(19,20)14-22(4,17)18/h9,13-14H,5-8H2,1-4H3. The lowest BCUT2D eigenvalue weighted by atomic mass is 9.61. The van der Waals surface area contributed by atoms with Gasteiger partial charge in [-0.2, -0.15) is 13.1 Å². The number of ether oxygens (including phenoxy) is 1. The molecule has 0 unspecified atom stereocenters. The molecule has 2 rings (SSSR count). The summed E-state index contributed by atoms with van der Waals surface area (Å²) in [6.45, 7) is 6.44. The number of amides is 1. The SMILES string of the molecule is CC(C)(C)OC(=O)N1CC2(CC(NS(=O)(=O)NS(C)(=O)=O)C2)C1. The maximum absolute atomic E-state index is 11.9. The molecule has 2 N–H and O–H groups in total. The smallest absolute Gasteiger partial charge is 0.410 e. The van der Waals surface area contributed by atoms with Crippen LogP contribution in [0.15, 0.2) is 0 Å². The molecule has 0 aromatic heterocycles. The molecule has 1 aliphatic heterocycles. The van der Waals surface area contributed by atoms with Gasteiger partial charge in [-0.15, -0.1) is 0 Å². The second-order valence-electron chi connectivity index (χ2n) is 7.42. The number of nitrogens with one attached hydrogen (secondary N) is 2. The molecule has 1 saturated carbocycles. The number of hydrogen-bond acceptors (Lipinski definition) is 6. The average Bonchev–Trinajstić information content (AvgIpc) is 2.12. The zero-order chi connectivity index (χ0) is 17.7. The van der Waals surface area contributed by atoms with E-state index < -0.39 is 25.8 Å². The van der Waals surface area contributed by atoms with E-state index in [4.69, 9.17) is 4.74 Å². The minimum absolute atomic E-state index is 0.0881. The Balaban J connectivity index is 1.78. The average molecular weight is 369 g/mol. The van der Waals surface area contributed by atoms with Crippen molar-refractivity contribution >= 4 is 26.3 Å². The summed E-state index contributed by atoms with van der Waals surface area (Å²) in [4.78, 5) is 13.4. The van der Waals surface area contributed by atoms with Crippen LogP contribution in [0.1, 0.15) is 33.6 Å². The van der Waals surface area contributed by atoms with E-state index in [1.807, 2.05) is 0 Å². The van der Waals surface area contributed by atoms with Gasteiger partial charge in [0.15, 0.2) is 0 Å². The third kappa shape index (κ3) is 5.03. The summed E-state index contributed by atoms with van der Waals surface area (Å²) in [7, 11) is -7.92. The number of likely N-dealkylation sites (tertiary alicyclic amines) is 1. The summed E-state index contributed by atoms with van der Waals surface area (Å²) in [6.07, 6.45) is 1.54. The highest BCUT2D eigenvalue weighted by Crippen LogP contribution is 2.48. The van der Waals surface area contributed by atoms with Crippen LogP contribution in [0.2, 0.25) is 0 Å². The zero-order valence-corrected chi connectivity index (χ0v) is 15.3. The summed E-state index contributed by atoms with van der Waals surface area (Å²) in [5.41, 5.74) is -0.635. The van der Waals surface area contributed by atoms with E-state index in [1.165, 1.54) is 0 Å². The summed E-state index contributed by atoms with van der Waals surface area (Å²) in [5, 5.41) is 0. The van der Waals surface area contributed by atoms with Gasteiger partial charge in [0.05, 0.1) is 6.26 Å².